The van der Waals surface area contributed by atoms with Crippen molar-refractivity contribution < 1.29 is 22.7 Å². The van der Waals surface area contributed by atoms with Crippen LogP contribution in [-0.4, -0.2) is 36.2 Å². The second kappa shape index (κ2) is 6.43. The molecule has 19 heavy (non-hydrogen) atoms. The van der Waals surface area contributed by atoms with Crippen LogP contribution in [0.5, 0.6) is 11.6 Å². The van der Waals surface area contributed by atoms with Crippen molar-refractivity contribution in [1.29, 1.82) is 0 Å². The van der Waals surface area contributed by atoms with Gasteiger partial charge in [-0.25, -0.2) is 8.42 Å². The lowest BCUT2D eigenvalue weighted by atomic mass is 10.3. The molecule has 0 unspecified atom stereocenters. The third kappa shape index (κ3) is 4.70. The summed E-state index contributed by atoms with van der Waals surface area (Å²) in [5.74, 6) is 0.827. The predicted octanol–water partition coefficient (Wildman–Crippen LogP) is 0.417. The molecule has 1 aromatic heterocycles. The summed E-state index contributed by atoms with van der Waals surface area (Å²) in [6, 6.07) is 6.08. The number of nitrogens with zero attached hydrogens (tertiary/aromatic N) is 2. The topological polar surface area (TPSA) is 119 Å². The van der Waals surface area contributed by atoms with Gasteiger partial charge >= 0.3 is 6.15 Å². The molecule has 0 fully saturated rings. The van der Waals surface area contributed by atoms with Gasteiger partial charge in [-0.3, -0.25) is 0 Å². The predicted molar refractivity (Wildman–Crippen MR) is 61.0 cm³/mol. The minimum absolute atomic E-state index is 0.250. The molecule has 1 aromatic carbocycles. The Kier molecular flexibility index (Phi) is 4.92. The van der Waals surface area contributed by atoms with Gasteiger partial charge in [0.1, 0.15) is 11.9 Å². The summed E-state index contributed by atoms with van der Waals surface area (Å²) in [4.78, 5) is 16.5. The molecule has 0 bridgehead atoms. The number of aromatic amines is 1. The van der Waals surface area contributed by atoms with Crippen molar-refractivity contribution in [1.82, 2.24) is 15.4 Å². The summed E-state index contributed by atoms with van der Waals surface area (Å²) >= 11 is 0. The van der Waals surface area contributed by atoms with E-state index in [2.05, 4.69) is 15.4 Å². The molecule has 9 heteroatoms. The van der Waals surface area contributed by atoms with Crippen molar-refractivity contribution in [3.8, 4) is 11.6 Å². The van der Waals surface area contributed by atoms with Crippen molar-refractivity contribution >= 4 is 16.0 Å². The third-order valence-corrected chi connectivity index (χ3v) is 3.00. The van der Waals surface area contributed by atoms with Gasteiger partial charge in [0, 0.05) is 6.26 Å². The first-order valence-electron chi connectivity index (χ1n) is 4.80. The van der Waals surface area contributed by atoms with Crippen molar-refractivity contribution in [3.63, 3.8) is 0 Å². The van der Waals surface area contributed by atoms with Gasteiger partial charge in [-0.05, 0) is 24.3 Å². The van der Waals surface area contributed by atoms with E-state index in [9.17, 15) is 8.42 Å². The van der Waals surface area contributed by atoms with Gasteiger partial charge in [-0.2, -0.15) is 19.9 Å². The molecule has 0 atom stereocenters. The molecule has 1 heterocycles. The van der Waals surface area contributed by atoms with E-state index in [1.807, 2.05) is 0 Å². The van der Waals surface area contributed by atoms with Crippen LogP contribution in [0.25, 0.3) is 0 Å². The van der Waals surface area contributed by atoms with Gasteiger partial charge in [0.05, 0.1) is 4.90 Å². The number of sulfone groups is 1. The Balaban J connectivity index is 0.000000550. The highest BCUT2D eigenvalue weighted by molar-refractivity contribution is 7.90. The van der Waals surface area contributed by atoms with Crippen LogP contribution in [0.2, 0.25) is 0 Å². The Morgan fingerprint density at radius 2 is 1.79 bits per heavy atom. The van der Waals surface area contributed by atoms with Gasteiger partial charge in [0.15, 0.2) is 9.84 Å². The Labute approximate surface area is 108 Å². The van der Waals surface area contributed by atoms with E-state index in [1.165, 1.54) is 18.3 Å². The summed E-state index contributed by atoms with van der Waals surface area (Å²) in [5.41, 5.74) is 0. The fourth-order valence-corrected chi connectivity index (χ4v) is 1.75. The summed E-state index contributed by atoms with van der Waals surface area (Å²) in [6.45, 7) is 0. The molecule has 0 amide bonds. The van der Waals surface area contributed by atoms with Crippen molar-refractivity contribution in [2.24, 2.45) is 0 Å². The number of ether oxygens (including phenoxy) is 1. The second-order valence-corrected chi connectivity index (χ2v) is 5.25. The van der Waals surface area contributed by atoms with Gasteiger partial charge < -0.3 is 4.74 Å². The highest BCUT2D eigenvalue weighted by Gasteiger charge is 2.07. The molecular weight excluding hydrogens is 274 g/mol. The van der Waals surface area contributed by atoms with Crippen LogP contribution in [0.1, 0.15) is 0 Å². The SMILES string of the molecule is CS(=O)(=O)c1ccc(Oc2cn[nH]n2)cc1.O=C=O. The molecule has 100 valence electrons. The highest BCUT2D eigenvalue weighted by atomic mass is 32.2. The smallest absolute Gasteiger partial charge is 0.373 e. The zero-order valence-electron chi connectivity index (χ0n) is 9.73. The maximum Gasteiger partial charge on any atom is 0.373 e. The number of nitrogens with one attached hydrogen (secondary N) is 1. The lowest BCUT2D eigenvalue weighted by Gasteiger charge is -2.02. The normalized spacial score (nSPS) is 9.95. The van der Waals surface area contributed by atoms with Gasteiger partial charge in [0.25, 0.3) is 5.88 Å². The van der Waals surface area contributed by atoms with Gasteiger partial charge in [-0.15, -0.1) is 5.10 Å². The zero-order chi connectivity index (χ0) is 14.3. The van der Waals surface area contributed by atoms with Crippen LogP contribution < -0.4 is 4.74 Å². The summed E-state index contributed by atoms with van der Waals surface area (Å²) < 4.78 is 27.7. The van der Waals surface area contributed by atoms with Gasteiger partial charge in [0.2, 0.25) is 0 Å². The maximum atomic E-state index is 11.2. The molecule has 0 aliphatic heterocycles. The Hall–Kier alpha value is -2.51. The summed E-state index contributed by atoms with van der Waals surface area (Å²) in [7, 11) is -3.17. The molecule has 0 aliphatic carbocycles. The van der Waals surface area contributed by atoms with Gasteiger partial charge in [-0.1, -0.05) is 0 Å². The lowest BCUT2D eigenvalue weighted by molar-refractivity contribution is -0.191. The Morgan fingerprint density at radius 3 is 2.21 bits per heavy atom. The molecule has 2 aromatic rings. The minimum atomic E-state index is -3.17. The monoisotopic (exact) mass is 283 g/mol. The van der Waals surface area contributed by atoms with Crippen LogP contribution in [0.3, 0.4) is 0 Å². The second-order valence-electron chi connectivity index (χ2n) is 3.24. The largest absolute Gasteiger partial charge is 0.436 e. The van der Waals surface area contributed by atoms with E-state index in [1.54, 1.807) is 12.1 Å². The Morgan fingerprint density at radius 1 is 1.21 bits per heavy atom. The molecule has 0 spiro atoms. The maximum absolute atomic E-state index is 11.2. The van der Waals surface area contributed by atoms with Crippen LogP contribution >= 0.6 is 0 Å². The standard InChI is InChI=1S/C9H9N3O3S.CO2/c1-16(13,14)8-4-2-7(3-5-8)15-9-6-10-12-11-9;2-1-3/h2-6H,1H3,(H,10,11,12);. The van der Waals surface area contributed by atoms with Crippen molar-refractivity contribution in [2.75, 3.05) is 6.26 Å². The van der Waals surface area contributed by atoms with E-state index in [0.717, 1.165) is 6.26 Å². The average molecular weight is 283 g/mol. The summed E-state index contributed by atoms with van der Waals surface area (Å²) in [5, 5.41) is 9.69. The lowest BCUT2D eigenvalue weighted by Crippen LogP contribution is -1.96. The average Bonchev–Trinajstić information content (AvgIpc) is 2.82. The van der Waals surface area contributed by atoms with E-state index < -0.39 is 9.84 Å². The van der Waals surface area contributed by atoms with Crippen LogP contribution in [-0.2, 0) is 19.4 Å². The zero-order valence-corrected chi connectivity index (χ0v) is 10.5. The fraction of sp³-hybridized carbons (Fsp3) is 0.100. The molecule has 0 radical (unpaired) electrons. The first kappa shape index (κ1) is 14.6. The summed E-state index contributed by atoms with van der Waals surface area (Å²) in [6.07, 6.45) is 2.82. The first-order valence-corrected chi connectivity index (χ1v) is 6.69. The number of H-pyrrole nitrogens is 1. The minimum Gasteiger partial charge on any atom is -0.436 e. The number of hydrogen-bond donors (Lipinski definition) is 1. The molecule has 8 nitrogen and oxygen atoms in total. The van der Waals surface area contributed by atoms with Crippen molar-refractivity contribution in [2.45, 2.75) is 4.90 Å². The van der Waals surface area contributed by atoms with Crippen molar-refractivity contribution in [3.05, 3.63) is 30.5 Å². The molecule has 0 saturated carbocycles. The van der Waals surface area contributed by atoms with Crippen LogP contribution in [0.15, 0.2) is 35.4 Å². The number of hydrogen-bond acceptors (Lipinski definition) is 7. The molecular formula is C10H9N3O5S. The molecule has 2 rings (SSSR count). The molecule has 0 saturated heterocycles. The highest BCUT2D eigenvalue weighted by Crippen LogP contribution is 2.20. The van der Waals surface area contributed by atoms with Crippen LogP contribution in [0, 0.1) is 0 Å². The van der Waals surface area contributed by atoms with E-state index in [-0.39, 0.29) is 11.0 Å². The number of aromatic nitrogens is 3. The Bertz CT molecular complexity index is 643. The van der Waals surface area contributed by atoms with E-state index in [0.29, 0.717) is 11.6 Å². The quantitative estimate of drug-likeness (QED) is 0.866. The fourth-order valence-electron chi connectivity index (χ4n) is 1.12. The third-order valence-electron chi connectivity index (χ3n) is 1.87. The number of rotatable bonds is 3. The molecule has 0 aliphatic rings. The van der Waals surface area contributed by atoms with E-state index >= 15 is 0 Å². The molecule has 1 N–H and O–H groups in total. The number of carbonyl (C=O) groups excluding carboxylic acids is 2. The van der Waals surface area contributed by atoms with Crippen LogP contribution in [0.4, 0.5) is 0 Å². The number of benzene rings is 1. The first-order chi connectivity index (χ1) is 8.97. The van der Waals surface area contributed by atoms with E-state index in [4.69, 9.17) is 14.3 Å².